The predicted molar refractivity (Wildman–Crippen MR) is 70.3 cm³/mol. The fourth-order valence-corrected chi connectivity index (χ4v) is 2.13. The number of hydrogen-bond acceptors (Lipinski definition) is 2. The van der Waals surface area contributed by atoms with Gasteiger partial charge >= 0.3 is 0 Å². The summed E-state index contributed by atoms with van der Waals surface area (Å²) in [5.74, 6) is -0.181. The highest BCUT2D eigenvalue weighted by Crippen LogP contribution is 2.23. The number of para-hydroxylation sites is 1. The number of rotatable bonds is 1. The first-order valence-electron chi connectivity index (χ1n) is 5.04. The maximum atomic E-state index is 12.0. The van der Waals surface area contributed by atoms with Gasteiger partial charge in [-0.1, -0.05) is 12.1 Å². The van der Waals surface area contributed by atoms with E-state index in [-0.39, 0.29) is 11.5 Å². The first-order chi connectivity index (χ1) is 8.00. The van der Waals surface area contributed by atoms with Gasteiger partial charge < -0.3 is 9.88 Å². The summed E-state index contributed by atoms with van der Waals surface area (Å²) in [6.45, 7) is 0. The van der Waals surface area contributed by atoms with Crippen molar-refractivity contribution in [3.63, 3.8) is 0 Å². The topological polar surface area (TPSA) is 53.2 Å². The Morgan fingerprint density at radius 2 is 2.06 bits per heavy atom. The van der Waals surface area contributed by atoms with E-state index < -0.39 is 0 Å². The van der Waals surface area contributed by atoms with Gasteiger partial charge in [-0.05, 0) is 22.0 Å². The van der Waals surface area contributed by atoms with Crippen LogP contribution in [-0.2, 0) is 0 Å². The molecule has 1 N–H and O–H groups in total. The van der Waals surface area contributed by atoms with Crippen molar-refractivity contribution in [1.29, 1.82) is 0 Å². The third kappa shape index (κ3) is 2.10. The molecular formula is C12H11BrN2O2. The van der Waals surface area contributed by atoms with Gasteiger partial charge in [0.05, 0.1) is 11.1 Å². The molecular weight excluding hydrogens is 284 g/mol. The van der Waals surface area contributed by atoms with Crippen LogP contribution in [0.25, 0.3) is 10.9 Å². The van der Waals surface area contributed by atoms with E-state index in [4.69, 9.17) is 0 Å². The standard InChI is InChI=1S/C12H11BrN2O2/c1-15(2)12(17)8-6-10(16)14-11-7(8)4-3-5-9(11)13/h3-6H,1-2H3,(H,14,16). The van der Waals surface area contributed by atoms with E-state index in [1.807, 2.05) is 18.2 Å². The molecule has 0 aliphatic carbocycles. The highest BCUT2D eigenvalue weighted by atomic mass is 79.9. The number of carbonyl (C=O) groups is 1. The average Bonchev–Trinajstić information content (AvgIpc) is 2.28. The van der Waals surface area contributed by atoms with Crippen LogP contribution in [0.15, 0.2) is 33.5 Å². The number of carbonyl (C=O) groups excluding carboxylic acids is 1. The van der Waals surface area contributed by atoms with Gasteiger partial charge in [0.1, 0.15) is 0 Å². The van der Waals surface area contributed by atoms with E-state index >= 15 is 0 Å². The van der Waals surface area contributed by atoms with Crippen molar-refractivity contribution in [2.24, 2.45) is 0 Å². The Morgan fingerprint density at radius 1 is 1.35 bits per heavy atom. The van der Waals surface area contributed by atoms with Crippen LogP contribution < -0.4 is 5.56 Å². The summed E-state index contributed by atoms with van der Waals surface area (Å²) < 4.78 is 0.764. The Kier molecular flexibility index (Phi) is 3.02. The predicted octanol–water partition coefficient (Wildman–Crippen LogP) is 1.99. The Balaban J connectivity index is 2.84. The lowest BCUT2D eigenvalue weighted by molar-refractivity contribution is 0.0829. The van der Waals surface area contributed by atoms with Gasteiger partial charge in [0, 0.05) is 30.0 Å². The fraction of sp³-hybridized carbons (Fsp3) is 0.167. The molecule has 4 nitrogen and oxygen atoms in total. The smallest absolute Gasteiger partial charge is 0.254 e. The van der Waals surface area contributed by atoms with Crippen LogP contribution in [0.3, 0.4) is 0 Å². The summed E-state index contributed by atoms with van der Waals surface area (Å²) in [6, 6.07) is 6.79. The van der Waals surface area contributed by atoms with Crippen LogP contribution in [-0.4, -0.2) is 29.9 Å². The van der Waals surface area contributed by atoms with Gasteiger partial charge in [0.2, 0.25) is 5.56 Å². The van der Waals surface area contributed by atoms with Crippen molar-refractivity contribution in [1.82, 2.24) is 9.88 Å². The van der Waals surface area contributed by atoms with Gasteiger partial charge in [-0.15, -0.1) is 0 Å². The molecule has 0 saturated heterocycles. The molecule has 1 aromatic heterocycles. The molecule has 0 unspecified atom stereocenters. The van der Waals surface area contributed by atoms with Crippen molar-refractivity contribution in [2.45, 2.75) is 0 Å². The van der Waals surface area contributed by atoms with E-state index in [2.05, 4.69) is 20.9 Å². The summed E-state index contributed by atoms with van der Waals surface area (Å²) >= 11 is 3.36. The summed E-state index contributed by atoms with van der Waals surface area (Å²) in [7, 11) is 3.32. The summed E-state index contributed by atoms with van der Waals surface area (Å²) in [5.41, 5.74) is 0.773. The Labute approximate surface area is 106 Å². The molecule has 5 heteroatoms. The lowest BCUT2D eigenvalue weighted by Crippen LogP contribution is -2.23. The molecule has 2 aromatic rings. The zero-order chi connectivity index (χ0) is 12.6. The van der Waals surface area contributed by atoms with Crippen LogP contribution in [0, 0.1) is 0 Å². The Hall–Kier alpha value is -1.62. The van der Waals surface area contributed by atoms with Crippen LogP contribution in [0.4, 0.5) is 0 Å². The third-order valence-corrected chi connectivity index (χ3v) is 3.12. The number of fused-ring (bicyclic) bond motifs is 1. The molecule has 2 rings (SSSR count). The lowest BCUT2D eigenvalue weighted by Gasteiger charge is -2.12. The number of aromatic amines is 1. The number of H-pyrrole nitrogens is 1. The minimum atomic E-state index is -0.283. The SMILES string of the molecule is CN(C)C(=O)c1cc(=O)[nH]c2c(Br)cccc12. The zero-order valence-electron chi connectivity index (χ0n) is 9.45. The highest BCUT2D eigenvalue weighted by Gasteiger charge is 2.14. The molecule has 0 aliphatic heterocycles. The van der Waals surface area contributed by atoms with Crippen molar-refractivity contribution in [2.75, 3.05) is 14.1 Å². The number of amides is 1. The minimum Gasteiger partial charge on any atom is -0.345 e. The molecule has 0 radical (unpaired) electrons. The van der Waals surface area contributed by atoms with Crippen molar-refractivity contribution in [3.05, 3.63) is 44.7 Å². The quantitative estimate of drug-likeness (QED) is 0.874. The van der Waals surface area contributed by atoms with Crippen LogP contribution in [0.2, 0.25) is 0 Å². The average molecular weight is 295 g/mol. The summed E-state index contributed by atoms with van der Waals surface area (Å²) in [5, 5.41) is 0.734. The molecule has 1 amide bonds. The van der Waals surface area contributed by atoms with Gasteiger partial charge in [-0.25, -0.2) is 0 Å². The van der Waals surface area contributed by atoms with Crippen molar-refractivity contribution < 1.29 is 4.79 Å². The Bertz CT molecular complexity index is 646. The molecule has 1 aromatic carbocycles. The number of nitrogens with one attached hydrogen (secondary N) is 1. The number of pyridine rings is 1. The molecule has 0 aliphatic rings. The number of aromatic nitrogens is 1. The molecule has 0 bridgehead atoms. The van der Waals surface area contributed by atoms with E-state index in [0.717, 1.165) is 9.86 Å². The second-order valence-electron chi connectivity index (χ2n) is 3.91. The van der Waals surface area contributed by atoms with Gasteiger partial charge in [0.15, 0.2) is 0 Å². The largest absolute Gasteiger partial charge is 0.345 e. The number of hydrogen-bond donors (Lipinski definition) is 1. The third-order valence-electron chi connectivity index (χ3n) is 2.46. The van der Waals surface area contributed by atoms with Crippen LogP contribution >= 0.6 is 15.9 Å². The number of halogens is 1. The van der Waals surface area contributed by atoms with Gasteiger partial charge in [-0.3, -0.25) is 9.59 Å². The maximum Gasteiger partial charge on any atom is 0.254 e. The minimum absolute atomic E-state index is 0.181. The number of benzene rings is 1. The zero-order valence-corrected chi connectivity index (χ0v) is 11.0. The molecule has 88 valence electrons. The Morgan fingerprint density at radius 3 is 2.71 bits per heavy atom. The summed E-state index contributed by atoms with van der Waals surface area (Å²) in [6.07, 6.45) is 0. The second kappa shape index (κ2) is 4.33. The first-order valence-corrected chi connectivity index (χ1v) is 5.83. The molecule has 17 heavy (non-hydrogen) atoms. The maximum absolute atomic E-state index is 12.0. The van der Waals surface area contributed by atoms with Gasteiger partial charge in [0.25, 0.3) is 5.91 Å². The monoisotopic (exact) mass is 294 g/mol. The van der Waals surface area contributed by atoms with Gasteiger partial charge in [-0.2, -0.15) is 0 Å². The first kappa shape index (κ1) is 11.9. The lowest BCUT2D eigenvalue weighted by atomic mass is 10.1. The van der Waals surface area contributed by atoms with E-state index in [1.54, 1.807) is 14.1 Å². The van der Waals surface area contributed by atoms with E-state index in [0.29, 0.717) is 11.1 Å². The highest BCUT2D eigenvalue weighted by molar-refractivity contribution is 9.10. The number of nitrogens with zero attached hydrogens (tertiary/aromatic N) is 1. The van der Waals surface area contributed by atoms with Crippen molar-refractivity contribution in [3.8, 4) is 0 Å². The summed E-state index contributed by atoms with van der Waals surface area (Å²) in [4.78, 5) is 27.7. The molecule has 1 heterocycles. The van der Waals surface area contributed by atoms with Crippen molar-refractivity contribution >= 4 is 32.7 Å². The van der Waals surface area contributed by atoms with E-state index in [9.17, 15) is 9.59 Å². The molecule has 0 fully saturated rings. The molecule has 0 spiro atoms. The molecule has 0 saturated carbocycles. The fourth-order valence-electron chi connectivity index (χ4n) is 1.66. The van der Waals surface area contributed by atoms with Crippen LogP contribution in [0.5, 0.6) is 0 Å². The van der Waals surface area contributed by atoms with Crippen LogP contribution in [0.1, 0.15) is 10.4 Å². The second-order valence-corrected chi connectivity index (χ2v) is 4.76. The van der Waals surface area contributed by atoms with E-state index in [1.165, 1.54) is 11.0 Å². The normalized spacial score (nSPS) is 10.5. The molecule has 0 atom stereocenters.